The fourth-order valence-corrected chi connectivity index (χ4v) is 2.95. The van der Waals surface area contributed by atoms with E-state index in [-0.39, 0.29) is 5.91 Å². The summed E-state index contributed by atoms with van der Waals surface area (Å²) in [6.45, 7) is 4.28. The van der Waals surface area contributed by atoms with Crippen LogP contribution >= 0.6 is 0 Å². The number of aromatic nitrogens is 2. The van der Waals surface area contributed by atoms with Crippen molar-refractivity contribution in [2.45, 2.75) is 19.8 Å². The van der Waals surface area contributed by atoms with Crippen molar-refractivity contribution in [1.29, 1.82) is 0 Å². The van der Waals surface area contributed by atoms with Crippen LogP contribution in [0.5, 0.6) is 5.75 Å². The maximum absolute atomic E-state index is 12.5. The van der Waals surface area contributed by atoms with Crippen molar-refractivity contribution in [3.8, 4) is 5.75 Å². The van der Waals surface area contributed by atoms with Gasteiger partial charge in [-0.3, -0.25) is 9.48 Å². The van der Waals surface area contributed by atoms with Crippen molar-refractivity contribution in [3.05, 3.63) is 47.8 Å². The van der Waals surface area contributed by atoms with Gasteiger partial charge in [-0.15, -0.1) is 0 Å². The number of hydrogen-bond acceptors (Lipinski definition) is 3. The van der Waals surface area contributed by atoms with Crippen molar-refractivity contribution in [3.63, 3.8) is 0 Å². The third-order valence-corrected chi connectivity index (χ3v) is 4.26. The summed E-state index contributed by atoms with van der Waals surface area (Å²) in [4.78, 5) is 14.4. The molecule has 1 aromatic heterocycles. The zero-order valence-corrected chi connectivity index (χ0v) is 13.7. The Bertz CT molecular complexity index is 663. The van der Waals surface area contributed by atoms with Crippen molar-refractivity contribution in [1.82, 2.24) is 14.7 Å². The molecule has 2 aromatic rings. The molecule has 1 aliphatic heterocycles. The molecule has 5 nitrogen and oxygen atoms in total. The molecule has 0 aliphatic carbocycles. The molecule has 1 aliphatic rings. The standard InChI is InChI=1S/C18H23N3O2/c1-14-5-7-17(8-6-14)23-13-15-4-3-9-21(11-15)18(22)16-10-19-20(2)12-16/h5-8,10,12,15H,3-4,9,11,13H2,1-2H3/t15-/m1/s1. The first-order chi connectivity index (χ1) is 11.1. The van der Waals surface area contributed by atoms with Gasteiger partial charge in [0.2, 0.25) is 0 Å². The summed E-state index contributed by atoms with van der Waals surface area (Å²) in [6, 6.07) is 8.09. The highest BCUT2D eigenvalue weighted by Crippen LogP contribution is 2.20. The summed E-state index contributed by atoms with van der Waals surface area (Å²) in [7, 11) is 1.82. The summed E-state index contributed by atoms with van der Waals surface area (Å²) in [5.41, 5.74) is 1.89. The zero-order valence-electron chi connectivity index (χ0n) is 13.7. The molecule has 0 N–H and O–H groups in total. The minimum absolute atomic E-state index is 0.0677. The second kappa shape index (κ2) is 6.86. The van der Waals surface area contributed by atoms with E-state index in [1.165, 1.54) is 5.56 Å². The van der Waals surface area contributed by atoms with Gasteiger partial charge >= 0.3 is 0 Å². The number of amides is 1. The number of benzene rings is 1. The van der Waals surface area contributed by atoms with Gasteiger partial charge in [-0.05, 0) is 31.9 Å². The molecule has 1 aromatic carbocycles. The van der Waals surface area contributed by atoms with Crippen LogP contribution in [0, 0.1) is 12.8 Å². The van der Waals surface area contributed by atoms with Gasteiger partial charge in [0.15, 0.2) is 0 Å². The Morgan fingerprint density at radius 2 is 2.13 bits per heavy atom. The first-order valence-corrected chi connectivity index (χ1v) is 8.09. The summed E-state index contributed by atoms with van der Waals surface area (Å²) in [6.07, 6.45) is 5.53. The van der Waals surface area contributed by atoms with Crippen molar-refractivity contribution in [2.24, 2.45) is 13.0 Å². The number of rotatable bonds is 4. The maximum Gasteiger partial charge on any atom is 0.257 e. The Labute approximate surface area is 136 Å². The summed E-state index contributed by atoms with van der Waals surface area (Å²) >= 11 is 0. The quantitative estimate of drug-likeness (QED) is 0.872. The smallest absolute Gasteiger partial charge is 0.257 e. The van der Waals surface area contributed by atoms with E-state index < -0.39 is 0 Å². The lowest BCUT2D eigenvalue weighted by Crippen LogP contribution is -2.41. The predicted octanol–water partition coefficient (Wildman–Crippen LogP) is 2.66. The van der Waals surface area contributed by atoms with Crippen LogP contribution in [0.4, 0.5) is 0 Å². The SMILES string of the molecule is Cc1ccc(OC[C@@H]2CCCN(C(=O)c3cnn(C)c3)C2)cc1. The molecule has 2 heterocycles. The molecule has 3 rings (SSSR count). The van der Waals surface area contributed by atoms with Gasteiger partial charge in [0.1, 0.15) is 5.75 Å². The molecule has 1 saturated heterocycles. The number of aryl methyl sites for hydroxylation is 2. The minimum Gasteiger partial charge on any atom is -0.493 e. The predicted molar refractivity (Wildman–Crippen MR) is 88.5 cm³/mol. The molecule has 122 valence electrons. The number of carbonyl (C=O) groups excluding carboxylic acids is 1. The minimum atomic E-state index is 0.0677. The first-order valence-electron chi connectivity index (χ1n) is 8.09. The molecule has 1 fully saturated rings. The van der Waals surface area contributed by atoms with E-state index in [1.807, 2.05) is 24.1 Å². The third kappa shape index (κ3) is 3.92. The van der Waals surface area contributed by atoms with E-state index in [4.69, 9.17) is 4.74 Å². The zero-order chi connectivity index (χ0) is 16.2. The highest BCUT2D eigenvalue weighted by Gasteiger charge is 2.25. The van der Waals surface area contributed by atoms with Crippen LogP contribution in [0.2, 0.25) is 0 Å². The summed E-state index contributed by atoms with van der Waals surface area (Å²) in [5, 5.41) is 4.08. The molecule has 0 saturated carbocycles. The highest BCUT2D eigenvalue weighted by molar-refractivity contribution is 5.93. The molecular formula is C18H23N3O2. The molecule has 0 spiro atoms. The maximum atomic E-state index is 12.5. The lowest BCUT2D eigenvalue weighted by atomic mass is 9.98. The normalized spacial score (nSPS) is 18.0. The van der Waals surface area contributed by atoms with Gasteiger partial charge in [-0.2, -0.15) is 5.10 Å². The molecule has 0 unspecified atom stereocenters. The van der Waals surface area contributed by atoms with Gasteiger partial charge in [-0.25, -0.2) is 0 Å². The lowest BCUT2D eigenvalue weighted by Gasteiger charge is -2.32. The molecule has 1 amide bonds. The molecule has 1 atom stereocenters. The van der Waals surface area contributed by atoms with Crippen molar-refractivity contribution >= 4 is 5.91 Å². The number of hydrogen-bond donors (Lipinski definition) is 0. The van der Waals surface area contributed by atoms with Crippen LogP contribution < -0.4 is 4.74 Å². The Morgan fingerprint density at radius 1 is 1.35 bits per heavy atom. The van der Waals surface area contributed by atoms with Crippen LogP contribution in [-0.2, 0) is 7.05 Å². The number of ether oxygens (including phenoxy) is 1. The van der Waals surface area contributed by atoms with Gasteiger partial charge in [0, 0.05) is 32.3 Å². The Kier molecular flexibility index (Phi) is 4.65. The van der Waals surface area contributed by atoms with Gasteiger partial charge in [0.05, 0.1) is 18.4 Å². The van der Waals surface area contributed by atoms with Gasteiger partial charge < -0.3 is 9.64 Å². The van der Waals surface area contributed by atoms with E-state index in [2.05, 4.69) is 24.2 Å². The van der Waals surface area contributed by atoms with Crippen LogP contribution in [0.15, 0.2) is 36.7 Å². The van der Waals surface area contributed by atoms with Crippen LogP contribution in [-0.4, -0.2) is 40.3 Å². The van der Waals surface area contributed by atoms with Crippen molar-refractivity contribution in [2.75, 3.05) is 19.7 Å². The van der Waals surface area contributed by atoms with Crippen molar-refractivity contribution < 1.29 is 9.53 Å². The summed E-state index contributed by atoms with van der Waals surface area (Å²) in [5.74, 6) is 1.34. The van der Waals surface area contributed by atoms with E-state index in [9.17, 15) is 4.79 Å². The molecule has 5 heteroatoms. The topological polar surface area (TPSA) is 47.4 Å². The van der Waals surface area contributed by atoms with E-state index in [0.29, 0.717) is 18.1 Å². The highest BCUT2D eigenvalue weighted by atomic mass is 16.5. The third-order valence-electron chi connectivity index (χ3n) is 4.26. The Hall–Kier alpha value is -2.30. The van der Waals surface area contributed by atoms with Crippen LogP contribution in [0.1, 0.15) is 28.8 Å². The molecular weight excluding hydrogens is 290 g/mol. The molecule has 0 radical (unpaired) electrons. The van der Waals surface area contributed by atoms with Gasteiger partial charge in [0.25, 0.3) is 5.91 Å². The monoisotopic (exact) mass is 313 g/mol. The molecule has 23 heavy (non-hydrogen) atoms. The molecule has 0 bridgehead atoms. The van der Waals surface area contributed by atoms with Gasteiger partial charge in [-0.1, -0.05) is 17.7 Å². The number of nitrogens with zero attached hydrogens (tertiary/aromatic N) is 3. The number of likely N-dealkylation sites (tertiary alicyclic amines) is 1. The fraction of sp³-hybridized carbons (Fsp3) is 0.444. The van der Waals surface area contributed by atoms with Crippen LogP contribution in [0.3, 0.4) is 0 Å². The first kappa shape index (κ1) is 15.6. The average molecular weight is 313 g/mol. The second-order valence-corrected chi connectivity index (χ2v) is 6.29. The van der Waals surface area contributed by atoms with E-state index >= 15 is 0 Å². The average Bonchev–Trinajstić information content (AvgIpc) is 3.00. The Morgan fingerprint density at radius 3 is 2.83 bits per heavy atom. The van der Waals surface area contributed by atoms with Crippen LogP contribution in [0.25, 0.3) is 0 Å². The largest absolute Gasteiger partial charge is 0.493 e. The fourth-order valence-electron chi connectivity index (χ4n) is 2.95. The second-order valence-electron chi connectivity index (χ2n) is 6.29. The van der Waals surface area contributed by atoms with E-state index in [0.717, 1.165) is 31.7 Å². The summed E-state index contributed by atoms with van der Waals surface area (Å²) < 4.78 is 7.55. The Balaban J connectivity index is 1.55. The lowest BCUT2D eigenvalue weighted by molar-refractivity contribution is 0.0633. The van der Waals surface area contributed by atoms with E-state index in [1.54, 1.807) is 17.1 Å². The number of carbonyl (C=O) groups is 1. The number of piperidine rings is 1.